The van der Waals surface area contributed by atoms with Crippen LogP contribution in [0, 0.1) is 0 Å². The molecule has 1 aliphatic rings. The number of carbonyl (C=O) groups is 2. The van der Waals surface area contributed by atoms with Gasteiger partial charge < -0.3 is 10.6 Å². The molecule has 6 nitrogen and oxygen atoms in total. The van der Waals surface area contributed by atoms with Crippen molar-refractivity contribution >= 4 is 29.2 Å². The number of hydrogen-bond donors (Lipinski definition) is 2. The van der Waals surface area contributed by atoms with E-state index in [9.17, 15) is 9.59 Å². The van der Waals surface area contributed by atoms with Crippen LogP contribution in [0.25, 0.3) is 11.1 Å². The molecule has 0 aliphatic carbocycles. The van der Waals surface area contributed by atoms with Crippen LogP contribution in [0.5, 0.6) is 0 Å². The summed E-state index contributed by atoms with van der Waals surface area (Å²) in [6.07, 6.45) is 1.72. The van der Waals surface area contributed by atoms with Gasteiger partial charge in [-0.2, -0.15) is 5.10 Å². The Balaban J connectivity index is 1.47. The Hall–Kier alpha value is -3.12. The molecule has 0 saturated carbocycles. The van der Waals surface area contributed by atoms with Crippen LogP contribution in [0.15, 0.2) is 60.8 Å². The van der Waals surface area contributed by atoms with Crippen molar-refractivity contribution in [2.24, 2.45) is 0 Å². The molecular weight excluding hydrogens is 364 g/mol. The summed E-state index contributed by atoms with van der Waals surface area (Å²) in [7, 11) is 0. The number of amides is 2. The Morgan fingerprint density at radius 2 is 1.89 bits per heavy atom. The minimum absolute atomic E-state index is 0.0351. The fourth-order valence-electron chi connectivity index (χ4n) is 3.10. The van der Waals surface area contributed by atoms with Crippen LogP contribution in [0.1, 0.15) is 18.0 Å². The number of aromatic nitrogens is 2. The van der Waals surface area contributed by atoms with E-state index < -0.39 is 6.04 Å². The largest absolute Gasteiger partial charge is 0.352 e. The summed E-state index contributed by atoms with van der Waals surface area (Å²) < 4.78 is 1.58. The molecule has 2 heterocycles. The van der Waals surface area contributed by atoms with Crippen molar-refractivity contribution < 1.29 is 9.59 Å². The highest BCUT2D eigenvalue weighted by molar-refractivity contribution is 6.30. The minimum Gasteiger partial charge on any atom is -0.352 e. The van der Waals surface area contributed by atoms with E-state index in [0.29, 0.717) is 17.4 Å². The Kier molecular flexibility index (Phi) is 4.64. The van der Waals surface area contributed by atoms with Gasteiger partial charge in [0.2, 0.25) is 5.91 Å². The van der Waals surface area contributed by atoms with Crippen molar-refractivity contribution in [2.45, 2.75) is 19.0 Å². The quantitative estimate of drug-likeness (QED) is 0.712. The van der Waals surface area contributed by atoms with E-state index in [0.717, 1.165) is 16.7 Å². The van der Waals surface area contributed by atoms with Crippen LogP contribution >= 0.6 is 11.6 Å². The lowest BCUT2D eigenvalue weighted by atomic mass is 10.1. The van der Waals surface area contributed by atoms with Gasteiger partial charge in [-0.05, 0) is 23.3 Å². The monoisotopic (exact) mass is 380 g/mol. The van der Waals surface area contributed by atoms with E-state index >= 15 is 0 Å². The van der Waals surface area contributed by atoms with Gasteiger partial charge in [0.05, 0.1) is 12.6 Å². The van der Waals surface area contributed by atoms with Gasteiger partial charge >= 0.3 is 0 Å². The van der Waals surface area contributed by atoms with Crippen molar-refractivity contribution in [3.05, 3.63) is 71.4 Å². The lowest BCUT2D eigenvalue weighted by Gasteiger charge is -2.10. The highest BCUT2D eigenvalue weighted by atomic mass is 35.5. The molecule has 0 radical (unpaired) electrons. The third-order valence-corrected chi connectivity index (χ3v) is 4.75. The smallest absolute Gasteiger partial charge is 0.251 e. The van der Waals surface area contributed by atoms with E-state index in [1.165, 1.54) is 0 Å². The first-order valence-electron chi connectivity index (χ1n) is 8.57. The molecule has 2 amide bonds. The van der Waals surface area contributed by atoms with Crippen molar-refractivity contribution in [2.75, 3.05) is 5.32 Å². The van der Waals surface area contributed by atoms with Crippen molar-refractivity contribution in [1.82, 2.24) is 15.1 Å². The molecule has 7 heteroatoms. The van der Waals surface area contributed by atoms with Crippen LogP contribution in [0.2, 0.25) is 5.02 Å². The lowest BCUT2D eigenvalue weighted by molar-refractivity contribution is -0.126. The van der Waals surface area contributed by atoms with Crippen LogP contribution in [-0.2, 0) is 16.1 Å². The maximum absolute atomic E-state index is 12.4. The molecule has 1 unspecified atom stereocenters. The zero-order chi connectivity index (χ0) is 18.8. The number of fused-ring (bicyclic) bond motifs is 1. The number of nitrogens with one attached hydrogen (secondary N) is 2. The van der Waals surface area contributed by atoms with Gasteiger partial charge in [-0.15, -0.1) is 0 Å². The third kappa shape index (κ3) is 3.57. The normalized spacial score (nSPS) is 15.3. The number of rotatable bonds is 5. The van der Waals surface area contributed by atoms with Crippen LogP contribution in [0.3, 0.4) is 0 Å². The second-order valence-electron chi connectivity index (χ2n) is 6.33. The summed E-state index contributed by atoms with van der Waals surface area (Å²) >= 11 is 5.93. The number of halogens is 1. The second-order valence-corrected chi connectivity index (χ2v) is 6.77. The molecule has 0 fully saturated rings. The molecule has 3 aromatic rings. The van der Waals surface area contributed by atoms with Crippen LogP contribution in [-0.4, -0.2) is 21.6 Å². The molecule has 2 N–H and O–H groups in total. The summed E-state index contributed by atoms with van der Waals surface area (Å²) in [6, 6.07) is 16.3. The molecule has 0 spiro atoms. The average Bonchev–Trinajstić information content (AvgIpc) is 3.21. The first-order valence-corrected chi connectivity index (χ1v) is 8.94. The number of benzene rings is 2. The predicted molar refractivity (Wildman–Crippen MR) is 103 cm³/mol. The second kappa shape index (κ2) is 7.25. The zero-order valence-corrected chi connectivity index (χ0v) is 15.1. The Morgan fingerprint density at radius 3 is 2.63 bits per heavy atom. The van der Waals surface area contributed by atoms with Gasteiger partial charge in [0.1, 0.15) is 11.9 Å². The minimum atomic E-state index is -0.656. The first kappa shape index (κ1) is 17.3. The SMILES string of the molecule is O=C(CC1C(=O)Nc2c(-c3ccc(Cl)cc3)cnn21)NCc1ccccc1. The van der Waals surface area contributed by atoms with Gasteiger partial charge in [-0.3, -0.25) is 9.59 Å². The number of hydrogen-bond acceptors (Lipinski definition) is 3. The standard InChI is InChI=1S/C20H17ClN4O2/c21-15-8-6-14(7-9-15)16-12-23-25-17(20(27)24-19(16)25)10-18(26)22-11-13-4-2-1-3-5-13/h1-9,12,17H,10-11H2,(H,22,26)(H,24,27). The summed E-state index contributed by atoms with van der Waals surface area (Å²) in [6.45, 7) is 0.427. The Labute approximate surface area is 161 Å². The molecular formula is C20H17ClN4O2. The highest BCUT2D eigenvalue weighted by Gasteiger charge is 2.34. The highest BCUT2D eigenvalue weighted by Crippen LogP contribution is 2.35. The van der Waals surface area contributed by atoms with Gasteiger partial charge in [-0.1, -0.05) is 54.1 Å². The van der Waals surface area contributed by atoms with Crippen LogP contribution < -0.4 is 10.6 Å². The molecule has 1 aromatic heterocycles. The molecule has 0 saturated heterocycles. The summed E-state index contributed by atoms with van der Waals surface area (Å²) in [4.78, 5) is 24.7. The molecule has 4 rings (SSSR count). The van der Waals surface area contributed by atoms with E-state index in [1.807, 2.05) is 42.5 Å². The predicted octanol–water partition coefficient (Wildman–Crippen LogP) is 3.40. The maximum Gasteiger partial charge on any atom is 0.251 e. The van der Waals surface area contributed by atoms with Crippen LogP contribution in [0.4, 0.5) is 5.82 Å². The van der Waals surface area contributed by atoms with E-state index in [4.69, 9.17) is 11.6 Å². The fourth-order valence-corrected chi connectivity index (χ4v) is 3.22. The maximum atomic E-state index is 12.4. The number of nitrogens with zero attached hydrogens (tertiary/aromatic N) is 2. The van der Waals surface area contributed by atoms with Crippen molar-refractivity contribution in [3.8, 4) is 11.1 Å². The van der Waals surface area contributed by atoms with Crippen molar-refractivity contribution in [1.29, 1.82) is 0 Å². The molecule has 1 atom stereocenters. The Morgan fingerprint density at radius 1 is 1.15 bits per heavy atom. The number of carbonyl (C=O) groups excluding carboxylic acids is 2. The van der Waals surface area contributed by atoms with Crippen molar-refractivity contribution in [3.63, 3.8) is 0 Å². The summed E-state index contributed by atoms with van der Waals surface area (Å²) in [5.74, 6) is 0.168. The average molecular weight is 381 g/mol. The summed E-state index contributed by atoms with van der Waals surface area (Å²) in [5.41, 5.74) is 2.70. The van der Waals surface area contributed by atoms with E-state index in [2.05, 4.69) is 15.7 Å². The van der Waals surface area contributed by atoms with Gasteiger partial charge in [0.25, 0.3) is 5.91 Å². The van der Waals surface area contributed by atoms with Gasteiger partial charge in [0.15, 0.2) is 0 Å². The Bertz CT molecular complexity index is 983. The molecule has 27 heavy (non-hydrogen) atoms. The first-order chi connectivity index (χ1) is 13.1. The van der Waals surface area contributed by atoms with E-state index in [-0.39, 0.29) is 18.2 Å². The lowest BCUT2D eigenvalue weighted by Crippen LogP contribution is -2.28. The molecule has 2 aromatic carbocycles. The van der Waals surface area contributed by atoms with E-state index in [1.54, 1.807) is 23.0 Å². The molecule has 136 valence electrons. The number of anilines is 1. The van der Waals surface area contributed by atoms with Gasteiger partial charge in [0, 0.05) is 17.1 Å². The summed E-state index contributed by atoms with van der Waals surface area (Å²) in [5, 5.41) is 10.6. The topological polar surface area (TPSA) is 76.0 Å². The third-order valence-electron chi connectivity index (χ3n) is 4.50. The molecule has 1 aliphatic heterocycles. The zero-order valence-electron chi connectivity index (χ0n) is 14.4. The molecule has 0 bridgehead atoms. The van der Waals surface area contributed by atoms with Gasteiger partial charge in [-0.25, -0.2) is 4.68 Å². The fraction of sp³-hybridized carbons (Fsp3) is 0.150.